The molecule has 1 aromatic heterocycles. The number of amides is 2. The van der Waals surface area contributed by atoms with Crippen molar-refractivity contribution in [3.63, 3.8) is 0 Å². The van der Waals surface area contributed by atoms with Gasteiger partial charge in [0.15, 0.2) is 6.61 Å². The van der Waals surface area contributed by atoms with Gasteiger partial charge < -0.3 is 15.0 Å². The van der Waals surface area contributed by atoms with Crippen molar-refractivity contribution in [2.75, 3.05) is 26.0 Å². The molecule has 0 aliphatic rings. The number of carbonyl (C=O) groups is 3. The molecule has 0 aliphatic carbocycles. The Kier molecular flexibility index (Phi) is 7.44. The van der Waals surface area contributed by atoms with Crippen molar-refractivity contribution in [1.82, 2.24) is 9.88 Å². The minimum Gasteiger partial charge on any atom is -0.452 e. The quantitative estimate of drug-likeness (QED) is 0.559. The molecule has 2 aromatic rings. The lowest BCUT2D eigenvalue weighted by Crippen LogP contribution is -2.22. The van der Waals surface area contributed by atoms with E-state index in [4.69, 9.17) is 4.74 Å². The van der Waals surface area contributed by atoms with Crippen LogP contribution in [-0.2, 0) is 9.53 Å². The fraction of sp³-hybridized carbons (Fsp3) is 0.222. The summed E-state index contributed by atoms with van der Waals surface area (Å²) in [5.74, 6) is -4.47. The molecular formula is C18H17F2N3O4S. The Morgan fingerprint density at radius 2 is 1.86 bits per heavy atom. The van der Waals surface area contributed by atoms with Crippen molar-refractivity contribution in [2.45, 2.75) is 10.8 Å². The second-order valence-electron chi connectivity index (χ2n) is 5.64. The van der Waals surface area contributed by atoms with E-state index in [0.29, 0.717) is 11.3 Å². The van der Waals surface area contributed by atoms with E-state index >= 15 is 0 Å². The van der Waals surface area contributed by atoms with Crippen molar-refractivity contribution < 1.29 is 27.9 Å². The Bertz CT molecular complexity index is 860. The van der Waals surface area contributed by atoms with Crippen LogP contribution in [0.25, 0.3) is 0 Å². The van der Waals surface area contributed by atoms with Gasteiger partial charge in [0.05, 0.1) is 5.56 Å². The molecule has 2 rings (SSSR count). The van der Waals surface area contributed by atoms with E-state index in [-0.39, 0.29) is 28.3 Å². The number of aromatic nitrogens is 1. The number of thioether (sulfide) groups is 1. The average Bonchev–Trinajstić information content (AvgIpc) is 2.66. The smallest absolute Gasteiger partial charge is 0.341 e. The maximum Gasteiger partial charge on any atom is 0.341 e. The molecule has 0 atom stereocenters. The summed E-state index contributed by atoms with van der Waals surface area (Å²) >= 11 is 0.119. The Morgan fingerprint density at radius 1 is 1.18 bits per heavy atom. The minimum absolute atomic E-state index is 0.119. The SMILES string of the molecule is CN(C)C(=O)c1ccc(NC(=O)COC(=O)c2cccnc2SC(F)F)cc1. The molecule has 1 N–H and O–H groups in total. The third kappa shape index (κ3) is 6.02. The Morgan fingerprint density at radius 3 is 2.46 bits per heavy atom. The molecule has 0 radical (unpaired) electrons. The first kappa shape index (κ1) is 21.3. The van der Waals surface area contributed by atoms with E-state index in [0.717, 1.165) is 0 Å². The van der Waals surface area contributed by atoms with Gasteiger partial charge >= 0.3 is 5.97 Å². The van der Waals surface area contributed by atoms with Crippen molar-refractivity contribution in [1.29, 1.82) is 0 Å². The lowest BCUT2D eigenvalue weighted by Gasteiger charge is -2.11. The second kappa shape index (κ2) is 9.79. The van der Waals surface area contributed by atoms with Gasteiger partial charge in [-0.2, -0.15) is 8.78 Å². The molecule has 0 bridgehead atoms. The van der Waals surface area contributed by atoms with E-state index in [9.17, 15) is 23.2 Å². The third-order valence-electron chi connectivity index (χ3n) is 3.35. The van der Waals surface area contributed by atoms with Crippen LogP contribution in [0.4, 0.5) is 14.5 Å². The maximum atomic E-state index is 12.5. The van der Waals surface area contributed by atoms with Gasteiger partial charge in [0, 0.05) is 31.5 Å². The molecular weight excluding hydrogens is 392 g/mol. The largest absolute Gasteiger partial charge is 0.452 e. The van der Waals surface area contributed by atoms with Gasteiger partial charge in [-0.1, -0.05) is 0 Å². The van der Waals surface area contributed by atoms with Crippen molar-refractivity contribution in [3.05, 3.63) is 53.7 Å². The van der Waals surface area contributed by atoms with E-state index in [1.165, 1.54) is 35.4 Å². The lowest BCUT2D eigenvalue weighted by molar-refractivity contribution is -0.119. The monoisotopic (exact) mass is 409 g/mol. The van der Waals surface area contributed by atoms with Crippen LogP contribution in [0.2, 0.25) is 0 Å². The highest BCUT2D eigenvalue weighted by atomic mass is 32.2. The summed E-state index contributed by atoms with van der Waals surface area (Å²) in [7, 11) is 3.25. The van der Waals surface area contributed by atoms with E-state index in [1.807, 2.05) is 0 Å². The fourth-order valence-electron chi connectivity index (χ4n) is 2.08. The number of hydrogen-bond donors (Lipinski definition) is 1. The van der Waals surface area contributed by atoms with Crippen molar-refractivity contribution in [3.8, 4) is 0 Å². The van der Waals surface area contributed by atoms with Gasteiger partial charge in [-0.05, 0) is 48.2 Å². The molecule has 0 spiro atoms. The second-order valence-corrected chi connectivity index (χ2v) is 6.61. The average molecular weight is 409 g/mol. The van der Waals surface area contributed by atoms with Crippen LogP contribution < -0.4 is 5.32 Å². The molecule has 0 saturated carbocycles. The number of pyridine rings is 1. The van der Waals surface area contributed by atoms with E-state index in [2.05, 4.69) is 10.3 Å². The first-order valence-corrected chi connectivity index (χ1v) is 8.84. The van der Waals surface area contributed by atoms with Gasteiger partial charge in [-0.25, -0.2) is 9.78 Å². The zero-order valence-electron chi connectivity index (χ0n) is 15.0. The standard InChI is InChI=1S/C18H17F2N3O4S/c1-23(2)16(25)11-5-7-12(8-6-11)22-14(24)10-27-17(26)13-4-3-9-21-15(13)28-18(19)20/h3-9,18H,10H2,1-2H3,(H,22,24). The Hall–Kier alpha value is -3.01. The van der Waals surface area contributed by atoms with Crippen LogP contribution in [0.1, 0.15) is 20.7 Å². The van der Waals surface area contributed by atoms with E-state index in [1.54, 1.807) is 26.2 Å². The number of nitrogens with one attached hydrogen (secondary N) is 1. The zero-order valence-corrected chi connectivity index (χ0v) is 15.8. The maximum absolute atomic E-state index is 12.5. The molecule has 148 valence electrons. The minimum atomic E-state index is -2.74. The van der Waals surface area contributed by atoms with Crippen LogP contribution in [0, 0.1) is 0 Å². The first-order valence-electron chi connectivity index (χ1n) is 7.96. The van der Waals surface area contributed by atoms with Crippen LogP contribution in [0.3, 0.4) is 0 Å². The molecule has 0 unspecified atom stereocenters. The highest BCUT2D eigenvalue weighted by Crippen LogP contribution is 2.26. The number of carbonyl (C=O) groups excluding carboxylic acids is 3. The number of esters is 1. The molecule has 7 nitrogen and oxygen atoms in total. The Labute approximate surface area is 164 Å². The van der Waals surface area contributed by atoms with Crippen LogP contribution in [0.15, 0.2) is 47.6 Å². The summed E-state index contributed by atoms with van der Waals surface area (Å²) in [4.78, 5) is 40.9. The summed E-state index contributed by atoms with van der Waals surface area (Å²) < 4.78 is 29.9. The van der Waals surface area contributed by atoms with Crippen molar-refractivity contribution in [2.24, 2.45) is 0 Å². The summed E-state index contributed by atoms with van der Waals surface area (Å²) in [6.45, 7) is -0.606. The van der Waals surface area contributed by atoms with E-state index < -0.39 is 24.2 Å². The summed E-state index contributed by atoms with van der Waals surface area (Å²) in [6, 6.07) is 8.87. The van der Waals surface area contributed by atoms with Crippen molar-refractivity contribution >= 4 is 35.2 Å². The van der Waals surface area contributed by atoms with Crippen LogP contribution >= 0.6 is 11.8 Å². The summed E-state index contributed by atoms with van der Waals surface area (Å²) in [5.41, 5.74) is 0.717. The predicted octanol–water partition coefficient (Wildman–Crippen LogP) is 2.89. The fourth-order valence-corrected chi connectivity index (χ4v) is 2.65. The van der Waals surface area contributed by atoms with Crippen LogP contribution in [0.5, 0.6) is 0 Å². The number of halogens is 2. The first-order chi connectivity index (χ1) is 13.3. The predicted molar refractivity (Wildman–Crippen MR) is 99.5 cm³/mol. The molecule has 1 heterocycles. The highest BCUT2D eigenvalue weighted by Gasteiger charge is 2.19. The highest BCUT2D eigenvalue weighted by molar-refractivity contribution is 7.99. The molecule has 0 fully saturated rings. The number of nitrogens with zero attached hydrogens (tertiary/aromatic N) is 2. The number of rotatable bonds is 7. The summed E-state index contributed by atoms with van der Waals surface area (Å²) in [5, 5.41) is 2.33. The number of anilines is 1. The van der Waals surface area contributed by atoms with Gasteiger partial charge in [0.25, 0.3) is 17.6 Å². The summed E-state index contributed by atoms with van der Waals surface area (Å²) in [6.07, 6.45) is 1.28. The number of benzene rings is 1. The van der Waals surface area contributed by atoms with Gasteiger partial charge in [-0.3, -0.25) is 9.59 Å². The lowest BCUT2D eigenvalue weighted by atomic mass is 10.2. The van der Waals surface area contributed by atoms with Gasteiger partial charge in [0.2, 0.25) is 0 Å². The molecule has 2 amide bonds. The third-order valence-corrected chi connectivity index (χ3v) is 4.07. The number of hydrogen-bond acceptors (Lipinski definition) is 6. The topological polar surface area (TPSA) is 88.6 Å². The van der Waals surface area contributed by atoms with Gasteiger partial charge in [0.1, 0.15) is 5.03 Å². The molecule has 0 aliphatic heterocycles. The molecule has 10 heteroatoms. The molecule has 1 aromatic carbocycles. The number of ether oxygens (including phenoxy) is 1. The normalized spacial score (nSPS) is 10.5. The van der Waals surface area contributed by atoms with Gasteiger partial charge in [-0.15, -0.1) is 0 Å². The van der Waals surface area contributed by atoms with Crippen LogP contribution in [-0.4, -0.2) is 54.1 Å². The molecule has 28 heavy (non-hydrogen) atoms. The number of alkyl halides is 2. The zero-order chi connectivity index (χ0) is 20.7. The molecule has 0 saturated heterocycles. The Balaban J connectivity index is 1.92.